The number of hydrogen-bond donors (Lipinski definition) is 2. The van der Waals surface area contributed by atoms with Gasteiger partial charge in [-0.05, 0) is 48.9 Å². The van der Waals surface area contributed by atoms with Crippen LogP contribution in [0.1, 0.15) is 35.3 Å². The lowest BCUT2D eigenvalue weighted by molar-refractivity contribution is -0.131. The Morgan fingerprint density at radius 2 is 1.82 bits per heavy atom. The lowest BCUT2D eigenvalue weighted by Gasteiger charge is -2.25. The number of nitrogens with one attached hydrogen (secondary N) is 1. The average Bonchev–Trinajstić information content (AvgIpc) is 2.66. The Labute approximate surface area is 173 Å². The number of halogens is 1. The maximum absolute atomic E-state index is 12.4. The Kier molecular flexibility index (Phi) is 7.34. The molecule has 9 heteroatoms. The summed E-state index contributed by atoms with van der Waals surface area (Å²) in [4.78, 5) is 26.0. The van der Waals surface area contributed by atoms with Crippen molar-refractivity contribution in [3.05, 3.63) is 64.1 Å². The van der Waals surface area contributed by atoms with Gasteiger partial charge in [0.05, 0.1) is 10.9 Å². The molecule has 0 radical (unpaired) electrons. The molecule has 2 aromatic carbocycles. The summed E-state index contributed by atoms with van der Waals surface area (Å²) in [6.07, 6.45) is 0.123. The third-order valence-electron chi connectivity index (χ3n) is 4.37. The molecule has 1 unspecified atom stereocenters. The maximum Gasteiger partial charge on any atom is 0.251 e. The van der Waals surface area contributed by atoms with Gasteiger partial charge in [0.15, 0.2) is 0 Å². The van der Waals surface area contributed by atoms with Gasteiger partial charge in [-0.1, -0.05) is 28.1 Å². The molecule has 1 atom stereocenters. The molecule has 0 aliphatic carbocycles. The first-order valence-electron chi connectivity index (χ1n) is 8.52. The van der Waals surface area contributed by atoms with E-state index in [-0.39, 0.29) is 35.7 Å². The Hall–Kier alpha value is -2.23. The number of benzene rings is 2. The van der Waals surface area contributed by atoms with E-state index in [1.807, 2.05) is 0 Å². The van der Waals surface area contributed by atoms with Crippen molar-refractivity contribution in [2.75, 3.05) is 13.6 Å². The minimum absolute atomic E-state index is 0.000500. The fourth-order valence-electron chi connectivity index (χ4n) is 2.55. The van der Waals surface area contributed by atoms with E-state index in [4.69, 9.17) is 5.14 Å². The van der Waals surface area contributed by atoms with Crippen LogP contribution in [0.25, 0.3) is 0 Å². The lowest BCUT2D eigenvalue weighted by atomic mass is 10.1. The van der Waals surface area contributed by atoms with Gasteiger partial charge in [-0.2, -0.15) is 0 Å². The fraction of sp³-hybridized carbons (Fsp3) is 0.263. The van der Waals surface area contributed by atoms with Gasteiger partial charge in [0.25, 0.3) is 5.91 Å². The molecule has 2 rings (SSSR count). The van der Waals surface area contributed by atoms with Crippen molar-refractivity contribution >= 4 is 37.8 Å². The lowest BCUT2D eigenvalue weighted by Crippen LogP contribution is -2.33. The number of nitrogens with two attached hydrogens (primary N) is 1. The van der Waals surface area contributed by atoms with E-state index < -0.39 is 10.0 Å². The van der Waals surface area contributed by atoms with E-state index in [0.29, 0.717) is 11.1 Å². The maximum atomic E-state index is 12.4. The van der Waals surface area contributed by atoms with Crippen LogP contribution in [0.3, 0.4) is 0 Å². The summed E-state index contributed by atoms with van der Waals surface area (Å²) in [5.41, 5.74) is 1.17. The molecule has 28 heavy (non-hydrogen) atoms. The summed E-state index contributed by atoms with van der Waals surface area (Å²) in [6, 6.07) is 12.7. The Morgan fingerprint density at radius 1 is 1.18 bits per heavy atom. The van der Waals surface area contributed by atoms with Gasteiger partial charge in [-0.25, -0.2) is 13.6 Å². The second-order valence-electron chi connectivity index (χ2n) is 6.31. The second kappa shape index (κ2) is 9.31. The van der Waals surface area contributed by atoms with Crippen LogP contribution in [0.5, 0.6) is 0 Å². The number of amides is 2. The summed E-state index contributed by atoms with van der Waals surface area (Å²) in [7, 11) is -2.18. The van der Waals surface area contributed by atoms with E-state index in [2.05, 4.69) is 21.2 Å². The number of sulfonamides is 1. The van der Waals surface area contributed by atoms with E-state index in [1.165, 1.54) is 17.0 Å². The van der Waals surface area contributed by atoms with Crippen molar-refractivity contribution < 1.29 is 18.0 Å². The molecule has 0 saturated heterocycles. The molecule has 2 amide bonds. The molecule has 0 heterocycles. The number of carbonyl (C=O) groups excluding carboxylic acids is 2. The minimum atomic E-state index is -3.81. The molecule has 0 bridgehead atoms. The smallest absolute Gasteiger partial charge is 0.251 e. The summed E-state index contributed by atoms with van der Waals surface area (Å²) in [5, 5.41) is 7.88. The van der Waals surface area contributed by atoms with E-state index in [0.717, 1.165) is 4.47 Å². The van der Waals surface area contributed by atoms with Crippen LogP contribution in [0.15, 0.2) is 57.9 Å². The summed E-state index contributed by atoms with van der Waals surface area (Å²) >= 11 is 3.31. The standard InChI is InChI=1S/C19H22BrN3O4S/c1-13(15-4-3-5-17(12-15)28(21,26)27)23(2)18(24)10-11-22-19(25)14-6-8-16(20)9-7-14/h3-9,12-13H,10-11H2,1-2H3,(H,22,25)(H2,21,26,27). The van der Waals surface area contributed by atoms with Crippen molar-refractivity contribution in [2.45, 2.75) is 24.3 Å². The predicted octanol–water partition coefficient (Wildman–Crippen LogP) is 2.44. The highest BCUT2D eigenvalue weighted by molar-refractivity contribution is 9.10. The van der Waals surface area contributed by atoms with Crippen LogP contribution < -0.4 is 10.5 Å². The van der Waals surface area contributed by atoms with Gasteiger partial charge in [-0.15, -0.1) is 0 Å². The molecule has 150 valence electrons. The number of carbonyl (C=O) groups is 2. The van der Waals surface area contributed by atoms with Crippen LogP contribution in [0.2, 0.25) is 0 Å². The van der Waals surface area contributed by atoms with Gasteiger partial charge >= 0.3 is 0 Å². The van der Waals surface area contributed by atoms with Crippen LogP contribution in [-0.4, -0.2) is 38.7 Å². The molecule has 0 aliphatic rings. The van der Waals surface area contributed by atoms with E-state index in [9.17, 15) is 18.0 Å². The van der Waals surface area contributed by atoms with Gasteiger partial charge < -0.3 is 10.2 Å². The summed E-state index contributed by atoms with van der Waals surface area (Å²) < 4.78 is 23.9. The number of primary sulfonamides is 1. The zero-order valence-electron chi connectivity index (χ0n) is 15.6. The first-order valence-corrected chi connectivity index (χ1v) is 10.9. The Balaban J connectivity index is 1.93. The van der Waals surface area contributed by atoms with Gasteiger partial charge in [0.2, 0.25) is 15.9 Å². The van der Waals surface area contributed by atoms with Crippen LogP contribution in [0, 0.1) is 0 Å². The molecular weight excluding hydrogens is 446 g/mol. The molecule has 7 nitrogen and oxygen atoms in total. The summed E-state index contributed by atoms with van der Waals surface area (Å²) in [6.45, 7) is 1.99. The number of hydrogen-bond acceptors (Lipinski definition) is 4. The Bertz CT molecular complexity index is 961. The van der Waals surface area contributed by atoms with Crippen LogP contribution in [0.4, 0.5) is 0 Å². The molecular formula is C19H22BrN3O4S. The van der Waals surface area contributed by atoms with Crippen molar-refractivity contribution in [3.63, 3.8) is 0 Å². The van der Waals surface area contributed by atoms with E-state index in [1.54, 1.807) is 50.4 Å². The third-order valence-corrected chi connectivity index (χ3v) is 5.81. The van der Waals surface area contributed by atoms with Crippen LogP contribution in [-0.2, 0) is 14.8 Å². The molecule has 0 aromatic heterocycles. The van der Waals surface area contributed by atoms with Gasteiger partial charge in [0.1, 0.15) is 0 Å². The molecule has 2 aromatic rings. The van der Waals surface area contributed by atoms with Crippen molar-refractivity contribution in [1.29, 1.82) is 0 Å². The SMILES string of the molecule is CC(c1cccc(S(N)(=O)=O)c1)N(C)C(=O)CCNC(=O)c1ccc(Br)cc1. The molecule has 0 spiro atoms. The third kappa shape index (κ3) is 5.88. The minimum Gasteiger partial charge on any atom is -0.352 e. The Morgan fingerprint density at radius 3 is 2.43 bits per heavy atom. The second-order valence-corrected chi connectivity index (χ2v) is 8.79. The highest BCUT2D eigenvalue weighted by Crippen LogP contribution is 2.22. The predicted molar refractivity (Wildman–Crippen MR) is 110 cm³/mol. The monoisotopic (exact) mass is 467 g/mol. The highest BCUT2D eigenvalue weighted by Gasteiger charge is 2.19. The van der Waals surface area contributed by atoms with Gasteiger partial charge in [0, 0.05) is 30.0 Å². The molecule has 3 N–H and O–H groups in total. The van der Waals surface area contributed by atoms with E-state index >= 15 is 0 Å². The van der Waals surface area contributed by atoms with Gasteiger partial charge in [-0.3, -0.25) is 9.59 Å². The molecule has 0 saturated carbocycles. The van der Waals surface area contributed by atoms with Crippen molar-refractivity contribution in [2.24, 2.45) is 5.14 Å². The highest BCUT2D eigenvalue weighted by atomic mass is 79.9. The van der Waals surface area contributed by atoms with Crippen LogP contribution >= 0.6 is 15.9 Å². The topological polar surface area (TPSA) is 110 Å². The zero-order chi connectivity index (χ0) is 20.9. The molecule has 0 aliphatic heterocycles. The average molecular weight is 468 g/mol. The van der Waals surface area contributed by atoms with Crippen molar-refractivity contribution in [1.82, 2.24) is 10.2 Å². The fourth-order valence-corrected chi connectivity index (χ4v) is 3.39. The number of nitrogens with zero attached hydrogens (tertiary/aromatic N) is 1. The first kappa shape index (κ1) is 22.1. The number of rotatable bonds is 7. The largest absolute Gasteiger partial charge is 0.352 e. The molecule has 0 fully saturated rings. The quantitative estimate of drug-likeness (QED) is 0.651. The normalized spacial score (nSPS) is 12.3. The first-order chi connectivity index (χ1) is 13.1. The zero-order valence-corrected chi connectivity index (χ0v) is 18.0. The summed E-state index contributed by atoms with van der Waals surface area (Å²) in [5.74, 6) is -0.429. The van der Waals surface area contributed by atoms with Crippen molar-refractivity contribution in [3.8, 4) is 0 Å².